The van der Waals surface area contributed by atoms with E-state index in [9.17, 15) is 18.4 Å². The van der Waals surface area contributed by atoms with Crippen LogP contribution < -0.4 is 5.32 Å². The van der Waals surface area contributed by atoms with Gasteiger partial charge in [0, 0.05) is 24.4 Å². The molecule has 1 aromatic heterocycles. The standard InChI is InChI=1S/C21H20F2N4O2/c22-21(23)8-6-17(11-24)27(14-21)19(28)13-26-20(29)18-7-9-25-12-16(18)10-15-4-2-1-3-5-15/h1-5,7,9,12,17H,6,8,10,13-14H2,(H,26,29). The summed E-state index contributed by atoms with van der Waals surface area (Å²) in [6.07, 6.45) is 3.03. The molecule has 29 heavy (non-hydrogen) atoms. The number of halogens is 2. The number of likely N-dealkylation sites (tertiary alicyclic amines) is 1. The number of rotatable bonds is 5. The van der Waals surface area contributed by atoms with E-state index in [2.05, 4.69) is 10.3 Å². The van der Waals surface area contributed by atoms with Gasteiger partial charge in [0.2, 0.25) is 5.91 Å². The van der Waals surface area contributed by atoms with Gasteiger partial charge in [0.1, 0.15) is 6.04 Å². The lowest BCUT2D eigenvalue weighted by atomic mass is 10.00. The third-order valence-electron chi connectivity index (χ3n) is 4.82. The van der Waals surface area contributed by atoms with E-state index in [0.717, 1.165) is 10.5 Å². The number of hydrogen-bond donors (Lipinski definition) is 1. The van der Waals surface area contributed by atoms with Crippen LogP contribution in [0.15, 0.2) is 48.8 Å². The summed E-state index contributed by atoms with van der Waals surface area (Å²) in [6, 6.07) is 12.1. The molecular formula is C21H20F2N4O2. The first kappa shape index (κ1) is 20.4. The Bertz CT molecular complexity index is 928. The highest BCUT2D eigenvalue weighted by Gasteiger charge is 2.42. The van der Waals surface area contributed by atoms with Crippen LogP contribution >= 0.6 is 0 Å². The molecule has 150 valence electrons. The number of carbonyl (C=O) groups excluding carboxylic acids is 2. The van der Waals surface area contributed by atoms with E-state index >= 15 is 0 Å². The van der Waals surface area contributed by atoms with Crippen LogP contribution in [0.1, 0.15) is 34.3 Å². The zero-order chi connectivity index (χ0) is 20.9. The highest BCUT2D eigenvalue weighted by molar-refractivity contribution is 5.97. The Morgan fingerprint density at radius 3 is 2.76 bits per heavy atom. The number of amides is 2. The SMILES string of the molecule is N#CC1CCC(F)(F)CN1C(=O)CNC(=O)c1ccncc1Cc1ccccc1. The van der Waals surface area contributed by atoms with Gasteiger partial charge in [-0.3, -0.25) is 14.6 Å². The molecule has 1 aromatic carbocycles. The molecule has 0 bridgehead atoms. The molecule has 2 amide bonds. The minimum absolute atomic E-state index is 0.0885. The zero-order valence-electron chi connectivity index (χ0n) is 15.6. The molecule has 6 nitrogen and oxygen atoms in total. The fourth-order valence-corrected chi connectivity index (χ4v) is 3.30. The van der Waals surface area contributed by atoms with Crippen LogP contribution in [0.2, 0.25) is 0 Å². The van der Waals surface area contributed by atoms with Crippen LogP contribution in [0.5, 0.6) is 0 Å². The summed E-state index contributed by atoms with van der Waals surface area (Å²) in [7, 11) is 0. The minimum Gasteiger partial charge on any atom is -0.343 e. The summed E-state index contributed by atoms with van der Waals surface area (Å²) < 4.78 is 27.3. The number of hydrogen-bond acceptors (Lipinski definition) is 4. The number of piperidine rings is 1. The Labute approximate surface area is 167 Å². The van der Waals surface area contributed by atoms with Crippen LogP contribution in [-0.4, -0.2) is 46.8 Å². The van der Waals surface area contributed by atoms with Crippen LogP contribution in [0.3, 0.4) is 0 Å². The summed E-state index contributed by atoms with van der Waals surface area (Å²) in [6.45, 7) is -1.27. The fraction of sp³-hybridized carbons (Fsp3) is 0.333. The predicted octanol–water partition coefficient (Wildman–Crippen LogP) is 2.55. The first-order valence-corrected chi connectivity index (χ1v) is 9.21. The summed E-state index contributed by atoms with van der Waals surface area (Å²) in [5, 5.41) is 11.6. The number of nitriles is 1. The molecule has 1 atom stereocenters. The second-order valence-electron chi connectivity index (χ2n) is 6.94. The van der Waals surface area contributed by atoms with Gasteiger partial charge in [0.25, 0.3) is 11.8 Å². The number of nitrogens with one attached hydrogen (secondary N) is 1. The van der Waals surface area contributed by atoms with Crippen molar-refractivity contribution in [1.29, 1.82) is 5.26 Å². The Kier molecular flexibility index (Phi) is 6.17. The van der Waals surface area contributed by atoms with Crippen molar-refractivity contribution in [3.8, 4) is 6.07 Å². The van der Waals surface area contributed by atoms with E-state index in [-0.39, 0.29) is 6.42 Å². The molecule has 0 radical (unpaired) electrons. The molecule has 2 aromatic rings. The van der Waals surface area contributed by atoms with Gasteiger partial charge in [-0.2, -0.15) is 5.26 Å². The summed E-state index contributed by atoms with van der Waals surface area (Å²) >= 11 is 0. The lowest BCUT2D eigenvalue weighted by molar-refractivity contribution is -0.143. The lowest BCUT2D eigenvalue weighted by Crippen LogP contribution is -2.53. The maximum Gasteiger partial charge on any atom is 0.265 e. The molecule has 1 fully saturated rings. The average molecular weight is 398 g/mol. The van der Waals surface area contributed by atoms with Crippen molar-refractivity contribution in [2.24, 2.45) is 0 Å². The van der Waals surface area contributed by atoms with Gasteiger partial charge in [-0.15, -0.1) is 0 Å². The fourth-order valence-electron chi connectivity index (χ4n) is 3.30. The van der Waals surface area contributed by atoms with Gasteiger partial charge in [-0.25, -0.2) is 8.78 Å². The van der Waals surface area contributed by atoms with Crippen LogP contribution in [0, 0.1) is 11.3 Å². The maximum absolute atomic E-state index is 13.7. The Morgan fingerprint density at radius 1 is 1.28 bits per heavy atom. The molecule has 3 rings (SSSR count). The molecule has 1 saturated heterocycles. The number of pyridine rings is 1. The third-order valence-corrected chi connectivity index (χ3v) is 4.82. The van der Waals surface area contributed by atoms with Crippen molar-refractivity contribution in [2.75, 3.05) is 13.1 Å². The van der Waals surface area contributed by atoms with Crippen LogP contribution in [0.25, 0.3) is 0 Å². The number of benzene rings is 1. The quantitative estimate of drug-likeness (QED) is 0.839. The number of alkyl halides is 2. The third kappa shape index (κ3) is 5.13. The molecule has 1 aliphatic heterocycles. The van der Waals surface area contributed by atoms with Gasteiger partial charge in [-0.1, -0.05) is 30.3 Å². The highest BCUT2D eigenvalue weighted by Crippen LogP contribution is 2.30. The largest absolute Gasteiger partial charge is 0.343 e. The first-order chi connectivity index (χ1) is 13.9. The molecular weight excluding hydrogens is 378 g/mol. The molecule has 8 heteroatoms. The average Bonchev–Trinajstić information content (AvgIpc) is 2.72. The van der Waals surface area contributed by atoms with E-state index in [1.165, 1.54) is 6.20 Å². The molecule has 1 aliphatic rings. The normalized spacial score (nSPS) is 18.0. The second-order valence-corrected chi connectivity index (χ2v) is 6.94. The molecule has 1 N–H and O–H groups in total. The minimum atomic E-state index is -3.03. The number of nitrogens with zero attached hydrogens (tertiary/aromatic N) is 3. The number of carbonyl (C=O) groups is 2. The zero-order valence-corrected chi connectivity index (χ0v) is 15.6. The van der Waals surface area contributed by atoms with Crippen LogP contribution in [0.4, 0.5) is 8.78 Å². The van der Waals surface area contributed by atoms with Gasteiger partial charge < -0.3 is 10.2 Å². The van der Waals surface area contributed by atoms with Crippen LogP contribution in [-0.2, 0) is 11.2 Å². The van der Waals surface area contributed by atoms with Crippen molar-refractivity contribution in [3.05, 3.63) is 65.5 Å². The Balaban J connectivity index is 1.66. The Hall–Kier alpha value is -3.34. The van der Waals surface area contributed by atoms with Crippen molar-refractivity contribution in [3.63, 3.8) is 0 Å². The lowest BCUT2D eigenvalue weighted by Gasteiger charge is -2.36. The van der Waals surface area contributed by atoms with Crippen molar-refractivity contribution >= 4 is 11.8 Å². The summed E-state index contributed by atoms with van der Waals surface area (Å²) in [5.74, 6) is -4.23. The van der Waals surface area contributed by atoms with Crippen molar-refractivity contribution in [2.45, 2.75) is 31.2 Å². The first-order valence-electron chi connectivity index (χ1n) is 9.21. The van der Waals surface area contributed by atoms with Crippen molar-refractivity contribution in [1.82, 2.24) is 15.2 Å². The molecule has 0 aliphatic carbocycles. The van der Waals surface area contributed by atoms with E-state index < -0.39 is 43.3 Å². The summed E-state index contributed by atoms with van der Waals surface area (Å²) in [4.78, 5) is 29.9. The van der Waals surface area contributed by atoms with E-state index in [1.54, 1.807) is 12.3 Å². The summed E-state index contributed by atoms with van der Waals surface area (Å²) in [5.41, 5.74) is 2.04. The Morgan fingerprint density at radius 2 is 2.03 bits per heavy atom. The molecule has 0 saturated carbocycles. The molecule has 2 heterocycles. The van der Waals surface area contributed by atoms with Crippen molar-refractivity contribution < 1.29 is 18.4 Å². The monoisotopic (exact) mass is 398 g/mol. The predicted molar refractivity (Wildman–Crippen MR) is 101 cm³/mol. The highest BCUT2D eigenvalue weighted by atomic mass is 19.3. The molecule has 1 unspecified atom stereocenters. The van der Waals surface area contributed by atoms with Gasteiger partial charge in [0.05, 0.1) is 19.2 Å². The maximum atomic E-state index is 13.7. The molecule has 0 spiro atoms. The van der Waals surface area contributed by atoms with E-state index in [1.807, 2.05) is 36.4 Å². The van der Waals surface area contributed by atoms with Gasteiger partial charge in [0.15, 0.2) is 0 Å². The van der Waals surface area contributed by atoms with E-state index in [0.29, 0.717) is 17.5 Å². The smallest absolute Gasteiger partial charge is 0.265 e. The topological polar surface area (TPSA) is 86.1 Å². The van der Waals surface area contributed by atoms with Gasteiger partial charge in [-0.05, 0) is 30.0 Å². The van der Waals surface area contributed by atoms with E-state index in [4.69, 9.17) is 5.26 Å². The second kappa shape index (κ2) is 8.78. The number of aromatic nitrogens is 1. The van der Waals surface area contributed by atoms with Gasteiger partial charge >= 0.3 is 0 Å².